The molecule has 3 aliphatic rings. The fourth-order valence-corrected chi connectivity index (χ4v) is 3.90. The summed E-state index contributed by atoms with van der Waals surface area (Å²) in [6.07, 6.45) is 10.00. The van der Waals surface area contributed by atoms with E-state index < -0.39 is 0 Å². The fraction of sp³-hybridized carbons (Fsp3) is 0.526. The van der Waals surface area contributed by atoms with Crippen molar-refractivity contribution >= 4 is 12.0 Å². The molecule has 1 saturated heterocycles. The second-order valence-corrected chi connectivity index (χ2v) is 6.98. The molecule has 0 radical (unpaired) electrons. The summed E-state index contributed by atoms with van der Waals surface area (Å²) in [5, 5.41) is 0. The summed E-state index contributed by atoms with van der Waals surface area (Å²) >= 11 is 0. The van der Waals surface area contributed by atoms with Crippen molar-refractivity contribution in [1.82, 2.24) is 4.90 Å². The normalized spacial score (nSPS) is 31.0. The first-order valence-corrected chi connectivity index (χ1v) is 8.60. The first-order chi connectivity index (χ1) is 10.8. The van der Waals surface area contributed by atoms with E-state index in [0.29, 0.717) is 0 Å². The molecule has 3 atom stereocenters. The number of likely N-dealkylation sites (tertiary alicyclic amines) is 1. The largest absolute Gasteiger partial charge is 0.329 e. The van der Waals surface area contributed by atoms with Crippen molar-refractivity contribution < 1.29 is 0 Å². The number of hydrogen-bond acceptors (Lipinski definition) is 3. The summed E-state index contributed by atoms with van der Waals surface area (Å²) in [5.41, 5.74) is 2.76. The van der Waals surface area contributed by atoms with E-state index in [0.717, 1.165) is 24.4 Å². The van der Waals surface area contributed by atoms with Crippen LogP contribution in [0.15, 0.2) is 41.5 Å². The van der Waals surface area contributed by atoms with Crippen molar-refractivity contribution in [3.8, 4) is 0 Å². The van der Waals surface area contributed by atoms with E-state index in [1.165, 1.54) is 43.6 Å². The van der Waals surface area contributed by atoms with Gasteiger partial charge in [0.25, 0.3) is 0 Å². The van der Waals surface area contributed by atoms with Crippen molar-refractivity contribution in [2.45, 2.75) is 38.1 Å². The Bertz CT molecular complexity index is 575. The molecule has 22 heavy (non-hydrogen) atoms. The molecule has 0 unspecified atom stereocenters. The first-order valence-electron chi connectivity index (χ1n) is 8.60. The zero-order chi connectivity index (χ0) is 14.9. The Morgan fingerprint density at radius 2 is 2.09 bits per heavy atom. The maximum Gasteiger partial charge on any atom is 0.0952 e. The quantitative estimate of drug-likeness (QED) is 0.844. The van der Waals surface area contributed by atoms with E-state index in [4.69, 9.17) is 0 Å². The molecule has 0 N–H and O–H groups in total. The molecular formula is C19H25N3. The van der Waals surface area contributed by atoms with Crippen LogP contribution in [0.5, 0.6) is 0 Å². The van der Waals surface area contributed by atoms with Gasteiger partial charge in [-0.25, -0.2) is 4.99 Å². The van der Waals surface area contributed by atoms with Gasteiger partial charge in [-0.3, -0.25) is 0 Å². The van der Waals surface area contributed by atoms with Crippen LogP contribution in [0.1, 0.15) is 37.7 Å². The average Bonchev–Trinajstić information content (AvgIpc) is 3.23. The standard InChI is InChI=1S/C19H25N3/c1-15-4-2-10-21(15)13-17-12-19(17)16-5-7-18(8-6-16)22-11-3-9-20-14-22/h3,5-9,14-15,17,19H,2,4,10-13H2,1H3/t15-,17+,19+/m0/s1. The number of benzene rings is 1. The third kappa shape index (κ3) is 2.82. The van der Waals surface area contributed by atoms with Crippen LogP contribution in [-0.4, -0.2) is 36.9 Å². The lowest BCUT2D eigenvalue weighted by atomic mass is 10.1. The summed E-state index contributed by atoms with van der Waals surface area (Å²) in [6, 6.07) is 9.93. The van der Waals surface area contributed by atoms with Gasteiger partial charge in [-0.05, 0) is 68.3 Å². The Morgan fingerprint density at radius 3 is 2.77 bits per heavy atom. The van der Waals surface area contributed by atoms with Crippen molar-refractivity contribution in [3.05, 3.63) is 42.1 Å². The van der Waals surface area contributed by atoms with Crippen LogP contribution >= 0.6 is 0 Å². The molecule has 3 heteroatoms. The molecule has 2 fully saturated rings. The number of anilines is 1. The minimum absolute atomic E-state index is 0.789. The molecule has 1 aromatic rings. The highest BCUT2D eigenvalue weighted by molar-refractivity contribution is 5.80. The molecule has 0 amide bonds. The summed E-state index contributed by atoms with van der Waals surface area (Å²) in [4.78, 5) is 9.07. The molecule has 1 aliphatic carbocycles. The highest BCUT2D eigenvalue weighted by Crippen LogP contribution is 2.48. The topological polar surface area (TPSA) is 18.8 Å². The highest BCUT2D eigenvalue weighted by atomic mass is 15.2. The van der Waals surface area contributed by atoms with E-state index >= 15 is 0 Å². The smallest absolute Gasteiger partial charge is 0.0952 e. The van der Waals surface area contributed by atoms with Crippen LogP contribution in [0.3, 0.4) is 0 Å². The molecular weight excluding hydrogens is 270 g/mol. The van der Waals surface area contributed by atoms with Gasteiger partial charge < -0.3 is 9.80 Å². The van der Waals surface area contributed by atoms with Gasteiger partial charge in [0, 0.05) is 31.0 Å². The minimum atomic E-state index is 0.789. The molecule has 3 nitrogen and oxygen atoms in total. The second kappa shape index (κ2) is 5.88. The molecule has 0 spiro atoms. The maximum absolute atomic E-state index is 4.20. The van der Waals surface area contributed by atoms with Gasteiger partial charge in [0.1, 0.15) is 0 Å². The Kier molecular flexibility index (Phi) is 3.75. The number of hydrogen-bond donors (Lipinski definition) is 0. The molecule has 0 aromatic heterocycles. The van der Waals surface area contributed by atoms with Crippen molar-refractivity contribution in [1.29, 1.82) is 0 Å². The van der Waals surface area contributed by atoms with Crippen LogP contribution in [0.25, 0.3) is 0 Å². The predicted molar refractivity (Wildman–Crippen MR) is 92.5 cm³/mol. The Balaban J connectivity index is 1.36. The molecule has 2 heterocycles. The zero-order valence-electron chi connectivity index (χ0n) is 13.4. The van der Waals surface area contributed by atoms with Gasteiger partial charge in [-0.1, -0.05) is 12.1 Å². The summed E-state index contributed by atoms with van der Waals surface area (Å²) in [5.74, 6) is 1.67. The lowest BCUT2D eigenvalue weighted by molar-refractivity contribution is 0.256. The minimum Gasteiger partial charge on any atom is -0.329 e. The average molecular weight is 295 g/mol. The molecule has 0 bridgehead atoms. The van der Waals surface area contributed by atoms with Crippen molar-refractivity contribution in [3.63, 3.8) is 0 Å². The predicted octanol–water partition coefficient (Wildman–Crippen LogP) is 3.64. The SMILES string of the molecule is C[C@H]1CCCN1C[C@H]1C[C@@H]1c1ccc(N2C=NC=CC2)cc1. The first kappa shape index (κ1) is 14.0. The second-order valence-electron chi connectivity index (χ2n) is 6.98. The van der Waals surface area contributed by atoms with Gasteiger partial charge in [-0.2, -0.15) is 0 Å². The molecule has 1 aromatic carbocycles. The van der Waals surface area contributed by atoms with Crippen LogP contribution in [0.4, 0.5) is 5.69 Å². The zero-order valence-corrected chi connectivity index (χ0v) is 13.4. The lowest BCUT2D eigenvalue weighted by Gasteiger charge is -2.21. The van der Waals surface area contributed by atoms with Crippen LogP contribution in [0, 0.1) is 5.92 Å². The van der Waals surface area contributed by atoms with E-state index in [1.807, 2.05) is 12.5 Å². The lowest BCUT2D eigenvalue weighted by Crippen LogP contribution is -2.29. The summed E-state index contributed by atoms with van der Waals surface area (Å²) < 4.78 is 0. The van der Waals surface area contributed by atoms with Gasteiger partial charge in [0.2, 0.25) is 0 Å². The third-order valence-electron chi connectivity index (χ3n) is 5.43. The van der Waals surface area contributed by atoms with Crippen LogP contribution < -0.4 is 4.90 Å². The van der Waals surface area contributed by atoms with Crippen LogP contribution in [-0.2, 0) is 0 Å². The van der Waals surface area contributed by atoms with Crippen molar-refractivity contribution in [2.75, 3.05) is 24.5 Å². The summed E-state index contributed by atoms with van der Waals surface area (Å²) in [7, 11) is 0. The van der Waals surface area contributed by atoms with Crippen molar-refractivity contribution in [2.24, 2.45) is 10.9 Å². The molecule has 1 saturated carbocycles. The molecule has 2 aliphatic heterocycles. The highest BCUT2D eigenvalue weighted by Gasteiger charge is 2.40. The van der Waals surface area contributed by atoms with E-state index in [9.17, 15) is 0 Å². The fourth-order valence-electron chi connectivity index (χ4n) is 3.90. The maximum atomic E-state index is 4.20. The number of aliphatic imine (C=N–C) groups is 1. The van der Waals surface area contributed by atoms with Gasteiger partial charge in [0.05, 0.1) is 6.34 Å². The summed E-state index contributed by atoms with van der Waals surface area (Å²) in [6.45, 7) is 5.91. The van der Waals surface area contributed by atoms with Gasteiger partial charge >= 0.3 is 0 Å². The Labute approximate surface area is 133 Å². The van der Waals surface area contributed by atoms with Gasteiger partial charge in [-0.15, -0.1) is 0 Å². The number of nitrogens with zero attached hydrogens (tertiary/aromatic N) is 3. The Morgan fingerprint density at radius 1 is 1.23 bits per heavy atom. The molecule has 116 valence electrons. The number of rotatable bonds is 4. The van der Waals surface area contributed by atoms with Gasteiger partial charge in [0.15, 0.2) is 0 Å². The van der Waals surface area contributed by atoms with E-state index in [-0.39, 0.29) is 0 Å². The Hall–Kier alpha value is -1.61. The van der Waals surface area contributed by atoms with E-state index in [2.05, 4.69) is 52.1 Å². The molecule has 4 rings (SSSR count). The van der Waals surface area contributed by atoms with Crippen LogP contribution in [0.2, 0.25) is 0 Å². The monoisotopic (exact) mass is 295 g/mol. The third-order valence-corrected chi connectivity index (χ3v) is 5.43. The van der Waals surface area contributed by atoms with E-state index in [1.54, 1.807) is 0 Å².